The molecule has 6 atom stereocenters. The van der Waals surface area contributed by atoms with Gasteiger partial charge in [-0.15, -0.1) is 0 Å². The normalized spacial score (nSPS) is 24.8. The van der Waals surface area contributed by atoms with Crippen molar-refractivity contribution in [3.8, 4) is 0 Å². The number of carboxylic acids is 1. The quantitative estimate of drug-likeness (QED) is 0.282. The molecule has 0 aliphatic carbocycles. The van der Waals surface area contributed by atoms with E-state index >= 15 is 0 Å². The van der Waals surface area contributed by atoms with Crippen LogP contribution in [0.15, 0.2) is 0 Å². The minimum Gasteiger partial charge on any atom is -0.476 e. The van der Waals surface area contributed by atoms with Crippen molar-refractivity contribution < 1.29 is 71.8 Å². The maximum Gasteiger partial charge on any atom is 0.377 e. The van der Waals surface area contributed by atoms with Crippen LogP contribution in [0.4, 0.5) is 0 Å². The molecule has 0 radical (unpaired) electrons. The molecule has 0 spiro atoms. The summed E-state index contributed by atoms with van der Waals surface area (Å²) >= 11 is 0. The summed E-state index contributed by atoms with van der Waals surface area (Å²) in [5, 5.41) is 9.89. The van der Waals surface area contributed by atoms with E-state index in [1.54, 1.807) is 0 Å². The van der Waals surface area contributed by atoms with Crippen LogP contribution in [0.25, 0.3) is 0 Å². The second kappa shape index (κ2) is 12.8. The van der Waals surface area contributed by atoms with E-state index in [9.17, 15) is 38.7 Å². The number of rotatable bonds is 10. The fourth-order valence-electron chi connectivity index (χ4n) is 3.47. The van der Waals surface area contributed by atoms with Gasteiger partial charge in [-0.05, 0) is 0 Å². The van der Waals surface area contributed by atoms with Crippen LogP contribution >= 0.6 is 0 Å². The first-order valence-corrected chi connectivity index (χ1v) is 10.5. The van der Waals surface area contributed by atoms with Gasteiger partial charge in [-0.2, -0.15) is 0 Å². The number of aliphatic carboxylic acids is 1. The Kier molecular flexibility index (Phi) is 10.8. The molecule has 1 heterocycles. The first-order chi connectivity index (χ1) is 16.6. The lowest BCUT2D eigenvalue weighted by Crippen LogP contribution is -2.66. The highest BCUT2D eigenvalue weighted by Gasteiger charge is 2.61. The Morgan fingerprint density at radius 3 is 1.78 bits per heavy atom. The Hall–Kier alpha value is -3.75. The Morgan fingerprint density at radius 1 is 0.806 bits per heavy atom. The zero-order valence-electron chi connectivity index (χ0n) is 20.5. The van der Waals surface area contributed by atoms with E-state index in [0.29, 0.717) is 0 Å². The van der Waals surface area contributed by atoms with E-state index in [1.165, 1.54) is 0 Å². The molecule has 0 aromatic carbocycles. The molecule has 36 heavy (non-hydrogen) atoms. The summed E-state index contributed by atoms with van der Waals surface area (Å²) in [6.45, 7) is 5.12. The van der Waals surface area contributed by atoms with E-state index in [4.69, 9.17) is 33.2 Å². The lowest BCUT2D eigenvalue weighted by atomic mass is 9.90. The molecule has 1 saturated heterocycles. The predicted molar refractivity (Wildman–Crippen MR) is 110 cm³/mol. The lowest BCUT2D eigenvalue weighted by molar-refractivity contribution is -0.320. The Labute approximate surface area is 205 Å². The molecule has 0 amide bonds. The first kappa shape index (κ1) is 30.3. The van der Waals surface area contributed by atoms with Crippen LogP contribution < -0.4 is 0 Å². The van der Waals surface area contributed by atoms with Gasteiger partial charge >= 0.3 is 47.6 Å². The number of hydrogen-bond donors (Lipinski definition) is 1. The summed E-state index contributed by atoms with van der Waals surface area (Å²) in [7, 11) is 0. The van der Waals surface area contributed by atoms with Crippen LogP contribution in [0.3, 0.4) is 0 Å². The molecule has 1 aliphatic heterocycles. The maximum atomic E-state index is 12.2. The van der Waals surface area contributed by atoms with Gasteiger partial charge in [0.25, 0.3) is 0 Å². The third-order valence-electron chi connectivity index (χ3n) is 4.50. The minimum absolute atomic E-state index is 0.703. The highest BCUT2D eigenvalue weighted by Crippen LogP contribution is 2.37. The van der Waals surface area contributed by atoms with Crippen LogP contribution in [0, 0.1) is 0 Å². The maximum absolute atomic E-state index is 12.2. The molecule has 15 heteroatoms. The SMILES string of the molecule is CC(=O)OC[C@@H](OC(C)=O)[C@@H](OC(C)=O)[C@@H]1O[C@](OC(C)=O)(C(=O)O)C[C@H](OC(C)=O)[C@H]1OC(C)=O. The summed E-state index contributed by atoms with van der Waals surface area (Å²) in [6, 6.07) is 0. The van der Waals surface area contributed by atoms with Crippen LogP contribution in [-0.4, -0.2) is 89.8 Å². The molecule has 0 bridgehead atoms. The smallest absolute Gasteiger partial charge is 0.377 e. The van der Waals surface area contributed by atoms with Crippen molar-refractivity contribution in [1.29, 1.82) is 0 Å². The van der Waals surface area contributed by atoms with Gasteiger partial charge in [0.15, 0.2) is 18.3 Å². The van der Waals surface area contributed by atoms with Gasteiger partial charge in [0.05, 0.1) is 6.42 Å². The van der Waals surface area contributed by atoms with Gasteiger partial charge in [-0.1, -0.05) is 0 Å². The molecule has 1 rings (SSSR count). The Morgan fingerprint density at radius 2 is 1.36 bits per heavy atom. The highest BCUT2D eigenvalue weighted by atomic mass is 16.8. The topological polar surface area (TPSA) is 204 Å². The van der Waals surface area contributed by atoms with Crippen molar-refractivity contribution in [3.63, 3.8) is 0 Å². The summed E-state index contributed by atoms with van der Waals surface area (Å²) < 4.78 is 36.1. The zero-order chi connectivity index (χ0) is 27.8. The number of ether oxygens (including phenoxy) is 7. The van der Waals surface area contributed by atoms with Gasteiger partial charge in [-0.3, -0.25) is 28.8 Å². The number of carbonyl (C=O) groups is 7. The molecule has 0 unspecified atom stereocenters. The van der Waals surface area contributed by atoms with Crippen LogP contribution in [0.2, 0.25) is 0 Å². The van der Waals surface area contributed by atoms with Gasteiger partial charge in [-0.25, -0.2) is 4.79 Å². The van der Waals surface area contributed by atoms with Crippen LogP contribution in [-0.2, 0) is 66.7 Å². The second-order valence-corrected chi connectivity index (χ2v) is 7.68. The van der Waals surface area contributed by atoms with Gasteiger partial charge < -0.3 is 38.3 Å². The molecule has 1 aliphatic rings. The molecule has 0 saturated carbocycles. The highest BCUT2D eigenvalue weighted by molar-refractivity contribution is 5.80. The number of esters is 6. The van der Waals surface area contributed by atoms with Crippen LogP contribution in [0.1, 0.15) is 48.0 Å². The molecule has 1 N–H and O–H groups in total. The zero-order valence-corrected chi connectivity index (χ0v) is 20.5. The van der Waals surface area contributed by atoms with Gasteiger partial charge in [0, 0.05) is 41.5 Å². The molecule has 202 valence electrons. The predicted octanol–water partition coefficient (Wildman–Crippen LogP) is -0.591. The molecule has 0 aromatic rings. The second-order valence-electron chi connectivity index (χ2n) is 7.68. The monoisotopic (exact) mass is 520 g/mol. The third kappa shape index (κ3) is 8.79. The average Bonchev–Trinajstić information content (AvgIpc) is 2.69. The summed E-state index contributed by atoms with van der Waals surface area (Å²) in [6.07, 6.45) is -9.42. The summed E-state index contributed by atoms with van der Waals surface area (Å²) in [4.78, 5) is 82.7. The standard InChI is InChI=1S/C21H28O15/c1-9(22)30-8-16(32-11(3)24)18(34-13(5)26)19-17(33-12(4)25)15(31-10(2)23)7-21(36-19,20(28)29)35-14(6)27/h15-19H,7-8H2,1-6H3,(H,28,29)/t15-,16+,17+,18+,19+,21-/m0/s1. The molecule has 15 nitrogen and oxygen atoms in total. The average molecular weight is 520 g/mol. The molecule has 0 aromatic heterocycles. The number of carbonyl (C=O) groups excluding carboxylic acids is 6. The van der Waals surface area contributed by atoms with Crippen molar-refractivity contribution >= 4 is 41.8 Å². The van der Waals surface area contributed by atoms with Gasteiger partial charge in [0.2, 0.25) is 0 Å². The van der Waals surface area contributed by atoms with E-state index in [-0.39, 0.29) is 0 Å². The fraction of sp³-hybridized carbons (Fsp3) is 0.667. The van der Waals surface area contributed by atoms with Crippen molar-refractivity contribution in [2.24, 2.45) is 0 Å². The number of carboxylic acid groups (broad SMARTS) is 1. The van der Waals surface area contributed by atoms with E-state index in [2.05, 4.69) is 0 Å². The van der Waals surface area contributed by atoms with E-state index in [1.807, 2.05) is 0 Å². The minimum atomic E-state index is -2.81. The van der Waals surface area contributed by atoms with E-state index in [0.717, 1.165) is 41.5 Å². The van der Waals surface area contributed by atoms with E-state index < -0.39 is 91.1 Å². The molecule has 1 fully saturated rings. The van der Waals surface area contributed by atoms with Crippen molar-refractivity contribution in [3.05, 3.63) is 0 Å². The Bertz CT molecular complexity index is 896. The van der Waals surface area contributed by atoms with Crippen molar-refractivity contribution in [1.82, 2.24) is 0 Å². The number of hydrogen-bond acceptors (Lipinski definition) is 14. The lowest BCUT2D eigenvalue weighted by Gasteiger charge is -2.46. The van der Waals surface area contributed by atoms with Crippen molar-refractivity contribution in [2.75, 3.05) is 6.61 Å². The molecular weight excluding hydrogens is 492 g/mol. The van der Waals surface area contributed by atoms with Crippen LogP contribution in [0.5, 0.6) is 0 Å². The first-order valence-electron chi connectivity index (χ1n) is 10.5. The van der Waals surface area contributed by atoms with Gasteiger partial charge in [0.1, 0.15) is 18.8 Å². The summed E-state index contributed by atoms with van der Waals surface area (Å²) in [5.41, 5.74) is 0. The Balaban J connectivity index is 3.78. The largest absolute Gasteiger partial charge is 0.476 e. The summed E-state index contributed by atoms with van der Waals surface area (Å²) in [5.74, 6) is -10.4. The van der Waals surface area contributed by atoms with Crippen molar-refractivity contribution in [2.45, 2.75) is 84.3 Å². The molecular formula is C21H28O15. The third-order valence-corrected chi connectivity index (χ3v) is 4.50. The fourth-order valence-corrected chi connectivity index (χ4v) is 3.47.